The van der Waals surface area contributed by atoms with E-state index < -0.39 is 0 Å². The molecule has 1 aliphatic carbocycles. The number of fused-ring (bicyclic) bond motifs is 1. The number of thiazole rings is 1. The van der Waals surface area contributed by atoms with Crippen LogP contribution in [-0.2, 0) is 0 Å². The van der Waals surface area contributed by atoms with Gasteiger partial charge in [-0.3, -0.25) is 0 Å². The fourth-order valence-corrected chi connectivity index (χ4v) is 2.95. The number of hydrogen-bond acceptors (Lipinski definition) is 5. The molecule has 2 heterocycles. The first-order valence-electron chi connectivity index (χ1n) is 5.87. The summed E-state index contributed by atoms with van der Waals surface area (Å²) in [6.45, 7) is 4.14. The van der Waals surface area contributed by atoms with Crippen LogP contribution in [-0.4, -0.2) is 19.8 Å². The van der Waals surface area contributed by atoms with Crippen molar-refractivity contribution >= 4 is 27.9 Å². The van der Waals surface area contributed by atoms with Crippen LogP contribution in [0.25, 0.3) is 4.96 Å². The van der Waals surface area contributed by atoms with E-state index in [4.69, 9.17) is 0 Å². The van der Waals surface area contributed by atoms with Crippen molar-refractivity contribution in [3.05, 3.63) is 21.7 Å². The second-order valence-corrected chi connectivity index (χ2v) is 6.09. The van der Waals surface area contributed by atoms with Gasteiger partial charge in [-0.1, -0.05) is 11.3 Å². The predicted octanol–water partition coefficient (Wildman–Crippen LogP) is 2.90. The van der Waals surface area contributed by atoms with E-state index in [-0.39, 0.29) is 16.3 Å². The maximum absolute atomic E-state index is 11.2. The minimum absolute atomic E-state index is 0.0278. The molecule has 96 valence electrons. The summed E-state index contributed by atoms with van der Waals surface area (Å²) < 4.78 is 1.52. The second kappa shape index (κ2) is 3.68. The summed E-state index contributed by atoms with van der Waals surface area (Å²) in [5.74, 6) is 0.987. The van der Waals surface area contributed by atoms with Gasteiger partial charge in [-0.25, -0.2) is 0 Å². The van der Waals surface area contributed by atoms with Gasteiger partial charge in [0.15, 0.2) is 0 Å². The summed E-state index contributed by atoms with van der Waals surface area (Å²) >= 11 is 1.40. The van der Waals surface area contributed by atoms with E-state index >= 15 is 0 Å². The molecule has 18 heavy (non-hydrogen) atoms. The summed E-state index contributed by atoms with van der Waals surface area (Å²) in [4.78, 5) is 15.8. The fourth-order valence-electron chi connectivity index (χ4n) is 2.24. The van der Waals surface area contributed by atoms with Gasteiger partial charge in [-0.05, 0) is 37.5 Å². The topological polar surface area (TPSA) is 72.5 Å². The number of aromatic nitrogens is 2. The molecular weight excluding hydrogens is 252 g/mol. The Morgan fingerprint density at radius 2 is 2.33 bits per heavy atom. The van der Waals surface area contributed by atoms with Crippen LogP contribution in [0.15, 0.2) is 11.6 Å². The quantitative estimate of drug-likeness (QED) is 0.682. The Morgan fingerprint density at radius 1 is 1.61 bits per heavy atom. The largest absolute Gasteiger partial charge is 0.372 e. The van der Waals surface area contributed by atoms with E-state index in [1.807, 2.05) is 0 Å². The maximum atomic E-state index is 11.2. The summed E-state index contributed by atoms with van der Waals surface area (Å²) in [6.07, 6.45) is 4.03. The lowest BCUT2D eigenvalue weighted by atomic mass is 9.99. The normalized spacial score (nSPS) is 16.1. The third-order valence-electron chi connectivity index (χ3n) is 3.45. The molecule has 3 rings (SSSR count). The summed E-state index contributed by atoms with van der Waals surface area (Å²) in [5, 5.41) is 16.2. The van der Waals surface area contributed by atoms with E-state index in [2.05, 4.69) is 24.1 Å². The molecule has 7 heteroatoms. The van der Waals surface area contributed by atoms with Crippen molar-refractivity contribution in [1.82, 2.24) is 9.38 Å². The molecule has 0 saturated heterocycles. The van der Waals surface area contributed by atoms with Crippen molar-refractivity contribution < 1.29 is 4.92 Å². The second-order valence-electron chi connectivity index (χ2n) is 5.22. The van der Waals surface area contributed by atoms with Gasteiger partial charge >= 0.3 is 5.82 Å². The van der Waals surface area contributed by atoms with Gasteiger partial charge in [0, 0.05) is 10.9 Å². The number of anilines is 1. The van der Waals surface area contributed by atoms with Crippen LogP contribution in [0.4, 0.5) is 11.6 Å². The lowest BCUT2D eigenvalue weighted by molar-refractivity contribution is -0.389. The van der Waals surface area contributed by atoms with Crippen molar-refractivity contribution in [1.29, 1.82) is 0 Å². The molecule has 1 saturated carbocycles. The van der Waals surface area contributed by atoms with Crippen molar-refractivity contribution in [2.45, 2.75) is 32.2 Å². The van der Waals surface area contributed by atoms with E-state index in [1.54, 1.807) is 11.6 Å². The van der Waals surface area contributed by atoms with Gasteiger partial charge in [0.2, 0.25) is 5.82 Å². The Morgan fingerprint density at radius 3 is 2.94 bits per heavy atom. The summed E-state index contributed by atoms with van der Waals surface area (Å²) in [6, 6.07) is 0. The molecule has 0 unspecified atom stereocenters. The van der Waals surface area contributed by atoms with Gasteiger partial charge in [0.05, 0.1) is 0 Å². The Bertz CT molecular complexity index is 612. The Kier molecular flexibility index (Phi) is 2.34. The third kappa shape index (κ3) is 1.74. The van der Waals surface area contributed by atoms with E-state index in [0.717, 1.165) is 0 Å². The molecule has 0 amide bonds. The average molecular weight is 266 g/mol. The Labute approximate surface area is 108 Å². The van der Waals surface area contributed by atoms with Crippen molar-refractivity contribution in [2.24, 2.45) is 5.92 Å². The first-order valence-corrected chi connectivity index (χ1v) is 6.75. The molecule has 1 fully saturated rings. The lowest BCUT2D eigenvalue weighted by Gasteiger charge is -2.25. The molecule has 0 radical (unpaired) electrons. The number of nitrogens with one attached hydrogen (secondary N) is 1. The van der Waals surface area contributed by atoms with Gasteiger partial charge in [0.1, 0.15) is 6.20 Å². The monoisotopic (exact) mass is 266 g/mol. The molecule has 0 aromatic carbocycles. The SMILES string of the molecule is CC(C)(Nc1nc2sccn2c1[N+](=O)[O-])C1CC1. The minimum Gasteiger partial charge on any atom is -0.358 e. The molecule has 2 aromatic heterocycles. The zero-order valence-corrected chi connectivity index (χ0v) is 11.0. The number of nitro groups is 1. The van der Waals surface area contributed by atoms with Crippen molar-refractivity contribution in [2.75, 3.05) is 5.32 Å². The molecule has 0 aliphatic heterocycles. The first-order chi connectivity index (χ1) is 8.49. The highest BCUT2D eigenvalue weighted by molar-refractivity contribution is 7.15. The van der Waals surface area contributed by atoms with Gasteiger partial charge in [-0.2, -0.15) is 9.38 Å². The van der Waals surface area contributed by atoms with Crippen LogP contribution in [0.2, 0.25) is 0 Å². The molecule has 2 aromatic rings. The van der Waals surface area contributed by atoms with Crippen LogP contribution in [0.3, 0.4) is 0 Å². The smallest absolute Gasteiger partial charge is 0.358 e. The van der Waals surface area contributed by atoms with Crippen LogP contribution >= 0.6 is 11.3 Å². The fraction of sp³-hybridized carbons (Fsp3) is 0.545. The highest BCUT2D eigenvalue weighted by Gasteiger charge is 2.40. The maximum Gasteiger partial charge on any atom is 0.372 e. The van der Waals surface area contributed by atoms with Crippen LogP contribution < -0.4 is 5.32 Å². The van der Waals surface area contributed by atoms with Crippen molar-refractivity contribution in [3.8, 4) is 0 Å². The predicted molar refractivity (Wildman–Crippen MR) is 70.1 cm³/mol. The third-order valence-corrected chi connectivity index (χ3v) is 4.20. The number of nitrogens with zero attached hydrogens (tertiary/aromatic N) is 3. The number of rotatable bonds is 4. The lowest BCUT2D eigenvalue weighted by Crippen LogP contribution is -2.33. The van der Waals surface area contributed by atoms with Crippen LogP contribution in [0.5, 0.6) is 0 Å². The summed E-state index contributed by atoms with van der Waals surface area (Å²) in [5.41, 5.74) is -0.144. The molecule has 0 spiro atoms. The summed E-state index contributed by atoms with van der Waals surface area (Å²) in [7, 11) is 0. The first kappa shape index (κ1) is 11.5. The van der Waals surface area contributed by atoms with Crippen molar-refractivity contribution in [3.63, 3.8) is 0 Å². The highest BCUT2D eigenvalue weighted by atomic mass is 32.1. The van der Waals surface area contributed by atoms with E-state index in [9.17, 15) is 10.1 Å². The molecule has 1 N–H and O–H groups in total. The molecule has 0 bridgehead atoms. The number of hydrogen-bond donors (Lipinski definition) is 1. The number of imidazole rings is 1. The van der Waals surface area contributed by atoms with Gasteiger partial charge in [-0.15, -0.1) is 0 Å². The standard InChI is InChI=1S/C11H14N4O2S/c1-11(2,7-3-4-7)13-8-9(15(16)17)14-5-6-18-10(14)12-8/h5-7,13H,3-4H2,1-2H3. The molecule has 0 atom stereocenters. The average Bonchev–Trinajstić information content (AvgIpc) is 2.94. The molecule has 6 nitrogen and oxygen atoms in total. The Balaban J connectivity index is 2.02. The molecule has 1 aliphatic rings. The van der Waals surface area contributed by atoms with E-state index in [0.29, 0.717) is 16.7 Å². The highest BCUT2D eigenvalue weighted by Crippen LogP contribution is 2.42. The van der Waals surface area contributed by atoms with Gasteiger partial charge < -0.3 is 15.4 Å². The van der Waals surface area contributed by atoms with E-state index in [1.165, 1.54) is 28.6 Å². The van der Waals surface area contributed by atoms with Crippen LogP contribution in [0, 0.1) is 16.0 Å². The van der Waals surface area contributed by atoms with Crippen LogP contribution in [0.1, 0.15) is 26.7 Å². The zero-order valence-electron chi connectivity index (χ0n) is 10.2. The minimum atomic E-state index is -0.377. The van der Waals surface area contributed by atoms with Gasteiger partial charge in [0.25, 0.3) is 4.96 Å². The Hall–Kier alpha value is -1.63. The zero-order chi connectivity index (χ0) is 12.9. The molecular formula is C11H14N4O2S.